The molecule has 0 bridgehead atoms. The van der Waals surface area contributed by atoms with E-state index in [9.17, 15) is 0 Å². The minimum absolute atomic E-state index is 0.835. The Morgan fingerprint density at radius 1 is 0.950 bits per heavy atom. The zero-order chi connectivity index (χ0) is 14.8. The predicted molar refractivity (Wildman–Crippen MR) is 88.1 cm³/mol. The van der Waals surface area contributed by atoms with Crippen molar-refractivity contribution in [1.82, 2.24) is 4.90 Å². The van der Waals surface area contributed by atoms with E-state index in [0.717, 1.165) is 37.5 Å². The van der Waals surface area contributed by atoms with Gasteiger partial charge in [0.2, 0.25) is 0 Å². The number of piperidine rings is 1. The maximum Gasteiger partial charge on any atom is 0.0593 e. The van der Waals surface area contributed by atoms with E-state index in [1.54, 1.807) is 0 Å². The zero-order valence-electron chi connectivity index (χ0n) is 14.4. The molecule has 0 aliphatic carbocycles. The van der Waals surface area contributed by atoms with Gasteiger partial charge in [0.25, 0.3) is 0 Å². The van der Waals surface area contributed by atoms with Crippen molar-refractivity contribution >= 4 is 0 Å². The van der Waals surface area contributed by atoms with Crippen LogP contribution in [0.5, 0.6) is 0 Å². The Hall–Kier alpha value is -0.0800. The first kappa shape index (κ1) is 18.0. The van der Waals surface area contributed by atoms with E-state index < -0.39 is 0 Å². The Balaban J connectivity index is 1.91. The molecular weight excluding hydrogens is 246 g/mol. The van der Waals surface area contributed by atoms with Gasteiger partial charge in [-0.3, -0.25) is 0 Å². The van der Waals surface area contributed by atoms with Crippen molar-refractivity contribution in [2.75, 3.05) is 32.8 Å². The summed E-state index contributed by atoms with van der Waals surface area (Å²) in [5.74, 6) is 2.67. The molecular formula is C18H37NO. The zero-order valence-corrected chi connectivity index (χ0v) is 14.4. The Labute approximate surface area is 127 Å². The van der Waals surface area contributed by atoms with E-state index in [1.807, 2.05) is 0 Å². The van der Waals surface area contributed by atoms with E-state index in [0.29, 0.717) is 0 Å². The summed E-state index contributed by atoms with van der Waals surface area (Å²) in [5, 5.41) is 0. The van der Waals surface area contributed by atoms with E-state index in [1.165, 1.54) is 51.6 Å². The highest BCUT2D eigenvalue weighted by Crippen LogP contribution is 2.23. The molecule has 0 spiro atoms. The molecule has 1 rings (SSSR count). The molecule has 0 saturated carbocycles. The quantitative estimate of drug-likeness (QED) is 0.544. The van der Waals surface area contributed by atoms with E-state index in [4.69, 9.17) is 4.74 Å². The molecule has 1 heterocycles. The molecule has 1 aliphatic heterocycles. The van der Waals surface area contributed by atoms with Gasteiger partial charge >= 0.3 is 0 Å². The summed E-state index contributed by atoms with van der Waals surface area (Å²) in [6, 6.07) is 0. The van der Waals surface area contributed by atoms with Crippen LogP contribution >= 0.6 is 0 Å². The van der Waals surface area contributed by atoms with Crippen molar-refractivity contribution in [3.63, 3.8) is 0 Å². The molecule has 0 N–H and O–H groups in total. The van der Waals surface area contributed by atoms with Crippen LogP contribution in [0.4, 0.5) is 0 Å². The molecule has 0 aromatic rings. The third kappa shape index (κ3) is 8.97. The molecule has 0 aromatic heterocycles. The summed E-state index contributed by atoms with van der Waals surface area (Å²) in [5.41, 5.74) is 0. The Kier molecular flexibility index (Phi) is 9.54. The SMILES string of the molecule is CC(C)CCCCOCCN1CCC(CC(C)C)CC1. The highest BCUT2D eigenvalue weighted by atomic mass is 16.5. The van der Waals surface area contributed by atoms with Crippen LogP contribution in [0.25, 0.3) is 0 Å². The summed E-state index contributed by atoms with van der Waals surface area (Å²) in [7, 11) is 0. The Morgan fingerprint density at radius 2 is 1.65 bits per heavy atom. The van der Waals surface area contributed by atoms with Crippen LogP contribution in [0.1, 0.15) is 66.2 Å². The number of nitrogens with zero attached hydrogens (tertiary/aromatic N) is 1. The molecule has 0 amide bonds. The second kappa shape index (κ2) is 10.6. The van der Waals surface area contributed by atoms with Crippen molar-refractivity contribution < 1.29 is 4.74 Å². The van der Waals surface area contributed by atoms with Crippen LogP contribution in [0.2, 0.25) is 0 Å². The highest BCUT2D eigenvalue weighted by Gasteiger charge is 2.19. The number of hydrogen-bond donors (Lipinski definition) is 0. The van der Waals surface area contributed by atoms with Gasteiger partial charge < -0.3 is 9.64 Å². The summed E-state index contributed by atoms with van der Waals surface area (Å²) in [6.07, 6.45) is 8.10. The molecule has 2 nitrogen and oxygen atoms in total. The van der Waals surface area contributed by atoms with Gasteiger partial charge in [-0.2, -0.15) is 0 Å². The summed E-state index contributed by atoms with van der Waals surface area (Å²) in [4.78, 5) is 2.59. The third-order valence-corrected chi connectivity index (χ3v) is 4.38. The van der Waals surface area contributed by atoms with Gasteiger partial charge in [-0.1, -0.05) is 40.5 Å². The molecule has 1 aliphatic rings. The van der Waals surface area contributed by atoms with Crippen LogP contribution in [0.3, 0.4) is 0 Å². The lowest BCUT2D eigenvalue weighted by Gasteiger charge is -2.32. The molecule has 0 radical (unpaired) electrons. The number of unbranched alkanes of at least 4 members (excludes halogenated alkanes) is 1. The standard InChI is InChI=1S/C18H37NO/c1-16(2)7-5-6-13-20-14-12-19-10-8-18(9-11-19)15-17(3)4/h16-18H,5-15H2,1-4H3. The van der Waals surface area contributed by atoms with Crippen LogP contribution in [0, 0.1) is 17.8 Å². The summed E-state index contributed by atoms with van der Waals surface area (Å²) >= 11 is 0. The maximum atomic E-state index is 5.77. The maximum absolute atomic E-state index is 5.77. The van der Waals surface area contributed by atoms with E-state index >= 15 is 0 Å². The normalized spacial score (nSPS) is 18.3. The Bertz CT molecular complexity index is 219. The van der Waals surface area contributed by atoms with Gasteiger partial charge in [0.15, 0.2) is 0 Å². The fraction of sp³-hybridized carbons (Fsp3) is 1.00. The molecule has 1 fully saturated rings. The first-order chi connectivity index (χ1) is 9.58. The van der Waals surface area contributed by atoms with Crippen molar-refractivity contribution in [3.8, 4) is 0 Å². The summed E-state index contributed by atoms with van der Waals surface area (Å²) < 4.78 is 5.77. The highest BCUT2D eigenvalue weighted by molar-refractivity contribution is 4.73. The van der Waals surface area contributed by atoms with Gasteiger partial charge in [0.05, 0.1) is 6.61 Å². The van der Waals surface area contributed by atoms with Gasteiger partial charge in [0.1, 0.15) is 0 Å². The lowest BCUT2D eigenvalue weighted by Crippen LogP contribution is -2.36. The Morgan fingerprint density at radius 3 is 2.25 bits per heavy atom. The summed E-state index contributed by atoms with van der Waals surface area (Å²) in [6.45, 7) is 14.9. The first-order valence-electron chi connectivity index (χ1n) is 8.88. The van der Waals surface area contributed by atoms with Crippen molar-refractivity contribution in [2.45, 2.75) is 66.2 Å². The smallest absolute Gasteiger partial charge is 0.0593 e. The topological polar surface area (TPSA) is 12.5 Å². The van der Waals surface area contributed by atoms with Crippen LogP contribution < -0.4 is 0 Å². The van der Waals surface area contributed by atoms with Crippen molar-refractivity contribution in [1.29, 1.82) is 0 Å². The largest absolute Gasteiger partial charge is 0.380 e. The van der Waals surface area contributed by atoms with Gasteiger partial charge in [-0.05, 0) is 56.5 Å². The van der Waals surface area contributed by atoms with Crippen LogP contribution in [0.15, 0.2) is 0 Å². The average molecular weight is 284 g/mol. The van der Waals surface area contributed by atoms with Crippen molar-refractivity contribution in [2.24, 2.45) is 17.8 Å². The lowest BCUT2D eigenvalue weighted by atomic mass is 9.89. The number of ether oxygens (including phenoxy) is 1. The fourth-order valence-corrected chi connectivity index (χ4v) is 3.16. The third-order valence-electron chi connectivity index (χ3n) is 4.38. The van der Waals surface area contributed by atoms with Crippen LogP contribution in [-0.2, 0) is 4.74 Å². The van der Waals surface area contributed by atoms with Crippen LogP contribution in [-0.4, -0.2) is 37.7 Å². The lowest BCUT2D eigenvalue weighted by molar-refractivity contribution is 0.0836. The first-order valence-corrected chi connectivity index (χ1v) is 8.88. The minimum Gasteiger partial charge on any atom is -0.380 e. The molecule has 0 unspecified atom stereocenters. The second-order valence-electron chi connectivity index (χ2n) is 7.42. The predicted octanol–water partition coefficient (Wildman–Crippen LogP) is 4.59. The monoisotopic (exact) mass is 283 g/mol. The number of rotatable bonds is 10. The minimum atomic E-state index is 0.835. The second-order valence-corrected chi connectivity index (χ2v) is 7.42. The fourth-order valence-electron chi connectivity index (χ4n) is 3.16. The molecule has 0 atom stereocenters. The van der Waals surface area contributed by atoms with Gasteiger partial charge in [0, 0.05) is 13.2 Å². The molecule has 2 heteroatoms. The molecule has 1 saturated heterocycles. The average Bonchev–Trinajstić information content (AvgIpc) is 2.38. The van der Waals surface area contributed by atoms with E-state index in [-0.39, 0.29) is 0 Å². The van der Waals surface area contributed by atoms with Crippen molar-refractivity contribution in [3.05, 3.63) is 0 Å². The molecule has 120 valence electrons. The molecule has 0 aromatic carbocycles. The van der Waals surface area contributed by atoms with E-state index in [2.05, 4.69) is 32.6 Å². The van der Waals surface area contributed by atoms with Gasteiger partial charge in [-0.15, -0.1) is 0 Å². The number of likely N-dealkylation sites (tertiary alicyclic amines) is 1. The molecule has 20 heavy (non-hydrogen) atoms. The van der Waals surface area contributed by atoms with Gasteiger partial charge in [-0.25, -0.2) is 0 Å². The number of hydrogen-bond acceptors (Lipinski definition) is 2.